The van der Waals surface area contributed by atoms with Crippen molar-refractivity contribution in [3.63, 3.8) is 0 Å². The van der Waals surface area contributed by atoms with Gasteiger partial charge >= 0.3 is 0 Å². The Labute approximate surface area is 88.2 Å². The lowest BCUT2D eigenvalue weighted by atomic mass is 9.93. The van der Waals surface area contributed by atoms with E-state index in [1.807, 2.05) is 0 Å². The Bertz CT molecular complexity index is 170. The van der Waals surface area contributed by atoms with Gasteiger partial charge < -0.3 is 10.5 Å². The van der Waals surface area contributed by atoms with Crippen molar-refractivity contribution in [2.24, 2.45) is 11.7 Å². The predicted octanol–water partition coefficient (Wildman–Crippen LogP) is 2.71. The summed E-state index contributed by atoms with van der Waals surface area (Å²) in [7, 11) is 0. The second-order valence-corrected chi connectivity index (χ2v) is 5.09. The molecule has 2 unspecified atom stereocenters. The minimum absolute atomic E-state index is 0.0150. The van der Waals surface area contributed by atoms with Gasteiger partial charge in [-0.3, -0.25) is 0 Å². The predicted molar refractivity (Wildman–Crippen MR) is 60.3 cm³/mol. The zero-order valence-corrected chi connectivity index (χ0v) is 9.88. The van der Waals surface area contributed by atoms with Crippen molar-refractivity contribution in [2.75, 3.05) is 6.54 Å². The highest BCUT2D eigenvalue weighted by Gasteiger charge is 2.32. The molecule has 2 heteroatoms. The van der Waals surface area contributed by atoms with Crippen molar-refractivity contribution < 1.29 is 4.74 Å². The number of hydrogen-bond donors (Lipinski definition) is 1. The standard InChI is InChI=1S/C12H25NO/c1-10(2)14-12(9-13)7-4-5-11(3)6-8-12/h10-11H,4-9,13H2,1-3H3. The monoisotopic (exact) mass is 199 g/mol. The SMILES string of the molecule is CC1CCCC(CN)(OC(C)C)CC1. The van der Waals surface area contributed by atoms with Crippen molar-refractivity contribution >= 4 is 0 Å². The van der Waals surface area contributed by atoms with Crippen LogP contribution in [-0.4, -0.2) is 18.2 Å². The summed E-state index contributed by atoms with van der Waals surface area (Å²) >= 11 is 0. The first-order valence-electron chi connectivity index (χ1n) is 5.96. The Morgan fingerprint density at radius 1 is 1.36 bits per heavy atom. The van der Waals surface area contributed by atoms with E-state index in [1.165, 1.54) is 19.3 Å². The second kappa shape index (κ2) is 5.13. The molecule has 84 valence electrons. The molecule has 1 rings (SSSR count). The van der Waals surface area contributed by atoms with E-state index in [-0.39, 0.29) is 5.60 Å². The van der Waals surface area contributed by atoms with Gasteiger partial charge in [-0.1, -0.05) is 19.8 Å². The summed E-state index contributed by atoms with van der Waals surface area (Å²) in [5.74, 6) is 0.846. The fraction of sp³-hybridized carbons (Fsp3) is 1.00. The first-order valence-corrected chi connectivity index (χ1v) is 5.96. The first kappa shape index (κ1) is 12.0. The largest absolute Gasteiger partial charge is 0.371 e. The van der Waals surface area contributed by atoms with Crippen molar-refractivity contribution in [3.05, 3.63) is 0 Å². The average molecular weight is 199 g/mol. The maximum Gasteiger partial charge on any atom is 0.0807 e. The van der Waals surface area contributed by atoms with Gasteiger partial charge in [0, 0.05) is 6.54 Å². The molecule has 0 aliphatic heterocycles. The fourth-order valence-corrected chi connectivity index (χ4v) is 2.42. The van der Waals surface area contributed by atoms with Gasteiger partial charge in [-0.25, -0.2) is 0 Å². The summed E-state index contributed by atoms with van der Waals surface area (Å²) in [6.07, 6.45) is 6.46. The van der Waals surface area contributed by atoms with Gasteiger partial charge in [-0.2, -0.15) is 0 Å². The molecule has 0 saturated heterocycles. The summed E-state index contributed by atoms with van der Waals surface area (Å²) in [6.45, 7) is 7.22. The maximum absolute atomic E-state index is 6.03. The van der Waals surface area contributed by atoms with Crippen LogP contribution in [0, 0.1) is 5.92 Å². The van der Waals surface area contributed by atoms with E-state index in [0.29, 0.717) is 12.6 Å². The smallest absolute Gasteiger partial charge is 0.0807 e. The third-order valence-electron chi connectivity index (χ3n) is 3.28. The van der Waals surface area contributed by atoms with Gasteiger partial charge in [0.25, 0.3) is 0 Å². The third-order valence-corrected chi connectivity index (χ3v) is 3.28. The van der Waals surface area contributed by atoms with Crippen LogP contribution in [0.3, 0.4) is 0 Å². The molecule has 0 aromatic heterocycles. The molecular weight excluding hydrogens is 174 g/mol. The van der Waals surface area contributed by atoms with E-state index in [9.17, 15) is 0 Å². The summed E-state index contributed by atoms with van der Waals surface area (Å²) < 4.78 is 6.03. The Hall–Kier alpha value is -0.0800. The normalized spacial score (nSPS) is 34.5. The molecule has 1 aliphatic rings. The molecule has 2 nitrogen and oxygen atoms in total. The number of ether oxygens (including phenoxy) is 1. The van der Waals surface area contributed by atoms with E-state index in [2.05, 4.69) is 20.8 Å². The van der Waals surface area contributed by atoms with Crippen molar-refractivity contribution in [1.29, 1.82) is 0 Å². The molecule has 0 aromatic carbocycles. The molecule has 0 aromatic rings. The van der Waals surface area contributed by atoms with Crippen LogP contribution in [0.5, 0.6) is 0 Å². The van der Waals surface area contributed by atoms with Gasteiger partial charge in [0.15, 0.2) is 0 Å². The highest BCUT2D eigenvalue weighted by Crippen LogP contribution is 2.33. The minimum Gasteiger partial charge on any atom is -0.371 e. The van der Waals surface area contributed by atoms with Gasteiger partial charge in [-0.15, -0.1) is 0 Å². The topological polar surface area (TPSA) is 35.2 Å². The molecule has 2 N–H and O–H groups in total. The van der Waals surface area contributed by atoms with Crippen LogP contribution in [0.25, 0.3) is 0 Å². The molecule has 0 radical (unpaired) electrons. The molecule has 0 bridgehead atoms. The van der Waals surface area contributed by atoms with Gasteiger partial charge in [0.1, 0.15) is 0 Å². The Kier molecular flexibility index (Phi) is 4.39. The number of rotatable bonds is 3. The summed E-state index contributed by atoms with van der Waals surface area (Å²) in [5, 5.41) is 0. The van der Waals surface area contributed by atoms with Crippen molar-refractivity contribution in [2.45, 2.75) is 64.6 Å². The van der Waals surface area contributed by atoms with Gasteiger partial charge in [-0.05, 0) is 39.0 Å². The van der Waals surface area contributed by atoms with E-state index in [0.717, 1.165) is 18.8 Å². The average Bonchev–Trinajstić information content (AvgIpc) is 2.29. The molecule has 1 fully saturated rings. The fourth-order valence-electron chi connectivity index (χ4n) is 2.42. The maximum atomic E-state index is 6.03. The molecular formula is C12H25NO. The van der Waals surface area contributed by atoms with Crippen LogP contribution < -0.4 is 5.73 Å². The van der Waals surface area contributed by atoms with Crippen LogP contribution in [0.1, 0.15) is 52.9 Å². The van der Waals surface area contributed by atoms with Crippen molar-refractivity contribution in [1.82, 2.24) is 0 Å². The summed E-state index contributed by atoms with van der Waals surface area (Å²) in [4.78, 5) is 0. The Balaban J connectivity index is 2.58. The molecule has 0 amide bonds. The summed E-state index contributed by atoms with van der Waals surface area (Å²) in [5.41, 5.74) is 5.86. The molecule has 2 atom stereocenters. The molecule has 14 heavy (non-hydrogen) atoms. The van der Waals surface area contributed by atoms with Crippen molar-refractivity contribution in [3.8, 4) is 0 Å². The van der Waals surface area contributed by atoms with Crippen LogP contribution in [0.15, 0.2) is 0 Å². The highest BCUT2D eigenvalue weighted by atomic mass is 16.5. The van der Waals surface area contributed by atoms with Crippen LogP contribution in [0.4, 0.5) is 0 Å². The minimum atomic E-state index is -0.0150. The lowest BCUT2D eigenvalue weighted by molar-refractivity contribution is -0.0833. The zero-order valence-electron chi connectivity index (χ0n) is 9.88. The number of nitrogens with two attached hydrogens (primary N) is 1. The molecule has 1 saturated carbocycles. The Morgan fingerprint density at radius 2 is 2.07 bits per heavy atom. The molecule has 0 heterocycles. The lowest BCUT2D eigenvalue weighted by Crippen LogP contribution is -2.42. The molecule has 1 aliphatic carbocycles. The van der Waals surface area contributed by atoms with Gasteiger partial charge in [0.2, 0.25) is 0 Å². The van der Waals surface area contributed by atoms with Crippen LogP contribution in [-0.2, 0) is 4.74 Å². The van der Waals surface area contributed by atoms with E-state index in [1.54, 1.807) is 0 Å². The molecule has 0 spiro atoms. The number of hydrogen-bond acceptors (Lipinski definition) is 2. The van der Waals surface area contributed by atoms with Crippen LogP contribution >= 0.6 is 0 Å². The van der Waals surface area contributed by atoms with Gasteiger partial charge in [0.05, 0.1) is 11.7 Å². The lowest BCUT2D eigenvalue weighted by Gasteiger charge is -2.33. The van der Waals surface area contributed by atoms with Crippen LogP contribution in [0.2, 0.25) is 0 Å². The zero-order chi connectivity index (χ0) is 10.6. The summed E-state index contributed by atoms with van der Waals surface area (Å²) in [6, 6.07) is 0. The highest BCUT2D eigenvalue weighted by molar-refractivity contribution is 4.86. The van der Waals surface area contributed by atoms with E-state index in [4.69, 9.17) is 10.5 Å². The Morgan fingerprint density at radius 3 is 2.64 bits per heavy atom. The van der Waals surface area contributed by atoms with E-state index < -0.39 is 0 Å². The first-order chi connectivity index (χ1) is 6.58. The third kappa shape index (κ3) is 3.25. The quantitative estimate of drug-likeness (QED) is 0.709. The second-order valence-electron chi connectivity index (χ2n) is 5.09. The van der Waals surface area contributed by atoms with E-state index >= 15 is 0 Å².